The van der Waals surface area contributed by atoms with Crippen LogP contribution in [-0.4, -0.2) is 35.6 Å². The van der Waals surface area contributed by atoms with Crippen molar-refractivity contribution in [1.29, 1.82) is 0 Å². The highest BCUT2D eigenvalue weighted by Gasteiger charge is 2.29. The average Bonchev–Trinajstić information content (AvgIpc) is 3.25. The molecule has 0 aliphatic heterocycles. The standard InChI is InChI=1S/C22H22F3N3O3/c1-30-20-13-16(7-9-19(20)31-15-22(23,24)25)8-10-21(29)27-18-6-3-2-5-17(18)14-28-12-4-11-26-28/h2-7,9,11-13H,8,10,14-15H2,1H3,(H,27,29). The van der Waals surface area contributed by atoms with Crippen molar-refractivity contribution in [2.45, 2.75) is 25.6 Å². The van der Waals surface area contributed by atoms with Gasteiger partial charge in [-0.25, -0.2) is 0 Å². The summed E-state index contributed by atoms with van der Waals surface area (Å²) in [7, 11) is 1.35. The predicted octanol–water partition coefficient (Wildman–Crippen LogP) is 4.45. The molecule has 0 fully saturated rings. The molecule has 164 valence electrons. The van der Waals surface area contributed by atoms with Crippen molar-refractivity contribution < 1.29 is 27.4 Å². The van der Waals surface area contributed by atoms with E-state index in [1.54, 1.807) is 23.0 Å². The van der Waals surface area contributed by atoms with Crippen LogP contribution in [0.2, 0.25) is 0 Å². The Morgan fingerprint density at radius 2 is 1.94 bits per heavy atom. The molecule has 6 nitrogen and oxygen atoms in total. The molecule has 2 aromatic carbocycles. The molecule has 1 amide bonds. The number of methoxy groups -OCH3 is 1. The number of ether oxygens (including phenoxy) is 2. The van der Waals surface area contributed by atoms with E-state index in [0.29, 0.717) is 18.7 Å². The van der Waals surface area contributed by atoms with Crippen LogP contribution in [0.3, 0.4) is 0 Å². The maximum Gasteiger partial charge on any atom is 0.422 e. The number of nitrogens with one attached hydrogen (secondary N) is 1. The van der Waals surface area contributed by atoms with Gasteiger partial charge in [0.2, 0.25) is 5.91 Å². The largest absolute Gasteiger partial charge is 0.493 e. The summed E-state index contributed by atoms with van der Waals surface area (Å²) in [5, 5.41) is 7.09. The third-order valence-corrected chi connectivity index (χ3v) is 4.44. The number of aryl methyl sites for hydroxylation is 1. The third-order valence-electron chi connectivity index (χ3n) is 4.44. The molecule has 1 heterocycles. The zero-order valence-corrected chi connectivity index (χ0v) is 16.9. The van der Waals surface area contributed by atoms with Gasteiger partial charge in [-0.3, -0.25) is 9.48 Å². The molecule has 1 N–H and O–H groups in total. The minimum atomic E-state index is -4.44. The Kier molecular flexibility index (Phi) is 7.17. The minimum absolute atomic E-state index is 0.000533. The van der Waals surface area contributed by atoms with Crippen molar-refractivity contribution in [2.75, 3.05) is 19.0 Å². The van der Waals surface area contributed by atoms with Gasteiger partial charge >= 0.3 is 6.18 Å². The molecular weight excluding hydrogens is 411 g/mol. The van der Waals surface area contributed by atoms with Crippen molar-refractivity contribution in [2.24, 2.45) is 0 Å². The number of amides is 1. The van der Waals surface area contributed by atoms with E-state index in [9.17, 15) is 18.0 Å². The summed E-state index contributed by atoms with van der Waals surface area (Å²) in [6.45, 7) is -0.872. The van der Waals surface area contributed by atoms with Gasteiger partial charge in [0.15, 0.2) is 18.1 Å². The third kappa shape index (κ3) is 6.77. The molecular formula is C22H22F3N3O3. The van der Waals surface area contributed by atoms with Gasteiger partial charge in [0.25, 0.3) is 0 Å². The van der Waals surface area contributed by atoms with Crippen LogP contribution in [0.5, 0.6) is 11.5 Å². The Bertz CT molecular complexity index is 1000. The molecule has 31 heavy (non-hydrogen) atoms. The van der Waals surface area contributed by atoms with E-state index >= 15 is 0 Å². The van der Waals surface area contributed by atoms with Gasteiger partial charge in [-0.15, -0.1) is 0 Å². The van der Waals surface area contributed by atoms with Crippen LogP contribution in [0, 0.1) is 0 Å². The lowest BCUT2D eigenvalue weighted by atomic mass is 10.1. The summed E-state index contributed by atoms with van der Waals surface area (Å²) in [5.41, 5.74) is 2.38. The normalized spacial score (nSPS) is 11.2. The number of benzene rings is 2. The van der Waals surface area contributed by atoms with Crippen molar-refractivity contribution >= 4 is 11.6 Å². The number of carbonyl (C=O) groups excluding carboxylic acids is 1. The first kappa shape index (κ1) is 22.2. The van der Waals surface area contributed by atoms with Crippen molar-refractivity contribution in [3.8, 4) is 11.5 Å². The number of aromatic nitrogens is 2. The van der Waals surface area contributed by atoms with Crippen LogP contribution in [0.25, 0.3) is 0 Å². The summed E-state index contributed by atoms with van der Waals surface area (Å²) in [6.07, 6.45) is -0.316. The topological polar surface area (TPSA) is 65.4 Å². The lowest BCUT2D eigenvalue weighted by molar-refractivity contribution is -0.153. The van der Waals surface area contributed by atoms with Crippen LogP contribution in [0.4, 0.5) is 18.9 Å². The second-order valence-corrected chi connectivity index (χ2v) is 6.80. The molecule has 0 saturated heterocycles. The fourth-order valence-corrected chi connectivity index (χ4v) is 2.97. The lowest BCUT2D eigenvalue weighted by Gasteiger charge is -2.14. The summed E-state index contributed by atoms with van der Waals surface area (Å²) in [4.78, 5) is 12.5. The summed E-state index contributed by atoms with van der Waals surface area (Å²) in [5.74, 6) is 0.0107. The second-order valence-electron chi connectivity index (χ2n) is 6.80. The summed E-state index contributed by atoms with van der Waals surface area (Å²) in [6, 6.07) is 13.9. The van der Waals surface area contributed by atoms with E-state index < -0.39 is 12.8 Å². The van der Waals surface area contributed by atoms with Gasteiger partial charge in [0.05, 0.1) is 13.7 Å². The molecule has 0 atom stereocenters. The fourth-order valence-electron chi connectivity index (χ4n) is 2.97. The van der Waals surface area contributed by atoms with E-state index in [-0.39, 0.29) is 23.8 Å². The van der Waals surface area contributed by atoms with E-state index in [2.05, 4.69) is 10.4 Å². The summed E-state index contributed by atoms with van der Waals surface area (Å²) < 4.78 is 48.7. The Balaban J connectivity index is 1.59. The van der Waals surface area contributed by atoms with Crippen LogP contribution in [0.15, 0.2) is 60.9 Å². The van der Waals surface area contributed by atoms with Crippen LogP contribution < -0.4 is 14.8 Å². The fraction of sp³-hybridized carbons (Fsp3) is 0.273. The highest BCUT2D eigenvalue weighted by atomic mass is 19.4. The van der Waals surface area contributed by atoms with Gasteiger partial charge in [-0.1, -0.05) is 24.3 Å². The van der Waals surface area contributed by atoms with E-state index in [0.717, 1.165) is 11.1 Å². The van der Waals surface area contributed by atoms with Crippen LogP contribution in [-0.2, 0) is 17.8 Å². The number of nitrogens with zero attached hydrogens (tertiary/aromatic N) is 2. The number of para-hydroxylation sites is 1. The van der Waals surface area contributed by atoms with Gasteiger partial charge in [0, 0.05) is 24.5 Å². The minimum Gasteiger partial charge on any atom is -0.493 e. The molecule has 0 spiro atoms. The quantitative estimate of drug-likeness (QED) is 0.542. The highest BCUT2D eigenvalue weighted by Crippen LogP contribution is 2.30. The molecule has 1 aromatic heterocycles. The first-order valence-corrected chi connectivity index (χ1v) is 9.56. The monoisotopic (exact) mass is 433 g/mol. The molecule has 0 aliphatic rings. The van der Waals surface area contributed by atoms with E-state index in [4.69, 9.17) is 9.47 Å². The molecule has 0 unspecified atom stereocenters. The van der Waals surface area contributed by atoms with Crippen LogP contribution >= 0.6 is 0 Å². The lowest BCUT2D eigenvalue weighted by Crippen LogP contribution is -2.19. The maximum absolute atomic E-state index is 12.5. The molecule has 3 rings (SSSR count). The number of rotatable bonds is 9. The smallest absolute Gasteiger partial charge is 0.422 e. The molecule has 0 bridgehead atoms. The average molecular weight is 433 g/mol. The molecule has 0 radical (unpaired) electrons. The Morgan fingerprint density at radius 3 is 2.65 bits per heavy atom. The van der Waals surface area contributed by atoms with Gasteiger partial charge in [0.1, 0.15) is 0 Å². The Labute approximate surface area is 177 Å². The zero-order valence-electron chi connectivity index (χ0n) is 16.9. The number of carbonyl (C=O) groups is 1. The predicted molar refractivity (Wildman–Crippen MR) is 109 cm³/mol. The number of halogens is 3. The molecule has 0 saturated carbocycles. The molecule has 3 aromatic rings. The van der Waals surface area contributed by atoms with E-state index in [1.807, 2.05) is 36.5 Å². The number of hydrogen-bond acceptors (Lipinski definition) is 4. The zero-order chi connectivity index (χ0) is 22.3. The van der Waals surface area contributed by atoms with Crippen molar-refractivity contribution in [3.05, 3.63) is 72.1 Å². The molecule has 0 aliphatic carbocycles. The number of anilines is 1. The van der Waals surface area contributed by atoms with Crippen LogP contribution in [0.1, 0.15) is 17.5 Å². The first-order chi connectivity index (χ1) is 14.8. The SMILES string of the molecule is COc1cc(CCC(=O)Nc2ccccc2Cn2cccn2)ccc1OCC(F)(F)F. The van der Waals surface area contributed by atoms with E-state index in [1.165, 1.54) is 13.2 Å². The van der Waals surface area contributed by atoms with Gasteiger partial charge in [-0.05, 0) is 41.8 Å². The first-order valence-electron chi connectivity index (χ1n) is 9.56. The summed E-state index contributed by atoms with van der Waals surface area (Å²) >= 11 is 0. The highest BCUT2D eigenvalue weighted by molar-refractivity contribution is 5.91. The number of hydrogen-bond donors (Lipinski definition) is 1. The van der Waals surface area contributed by atoms with Gasteiger partial charge in [-0.2, -0.15) is 18.3 Å². The Hall–Kier alpha value is -3.49. The Morgan fingerprint density at radius 1 is 1.13 bits per heavy atom. The number of alkyl halides is 3. The second kappa shape index (κ2) is 10.0. The van der Waals surface area contributed by atoms with Crippen molar-refractivity contribution in [3.63, 3.8) is 0 Å². The maximum atomic E-state index is 12.5. The van der Waals surface area contributed by atoms with Gasteiger partial charge < -0.3 is 14.8 Å². The van der Waals surface area contributed by atoms with Crippen molar-refractivity contribution in [1.82, 2.24) is 9.78 Å². The molecule has 9 heteroatoms.